The van der Waals surface area contributed by atoms with E-state index in [2.05, 4.69) is 10.6 Å². The van der Waals surface area contributed by atoms with Crippen LogP contribution in [0.25, 0.3) is 0 Å². The minimum absolute atomic E-state index is 0.121. The quantitative estimate of drug-likeness (QED) is 0.375. The predicted molar refractivity (Wildman–Crippen MR) is 157 cm³/mol. The number of rotatable bonds is 11. The molecule has 4 N–H and O–H groups in total. The van der Waals surface area contributed by atoms with Crippen LogP contribution in [-0.4, -0.2) is 69.3 Å². The standard InChI is InChI=1S/C29H41ClN4O4S/c1-2-19-39(36,37)34-16-15-32-20-25(34)12-9-21-5-3-4-6-26(21)33-29(35)28(31)27(23-13-17-38-18-14-23)22-7-10-24(30)11-8-22/h3-8,10-11,23,25,27-28,32H,2,9,12-20,31H2,1H3,(H,33,35)/t25-,27?,28-/m0/s1. The van der Waals surface area contributed by atoms with Gasteiger partial charge in [-0.05, 0) is 67.3 Å². The fourth-order valence-electron chi connectivity index (χ4n) is 5.82. The smallest absolute Gasteiger partial charge is 0.241 e. The van der Waals surface area contributed by atoms with Gasteiger partial charge in [-0.2, -0.15) is 4.31 Å². The second-order valence-corrected chi connectivity index (χ2v) is 13.0. The SMILES string of the molecule is CCCS(=O)(=O)N1CCNC[C@@H]1CCc1ccccc1NC(=O)[C@@H](N)C(c1ccc(Cl)cc1)C1CCOCC1. The summed E-state index contributed by atoms with van der Waals surface area (Å²) in [5.74, 6) is -0.00855. The number of carbonyl (C=O) groups is 1. The Morgan fingerprint density at radius 1 is 1.18 bits per heavy atom. The average Bonchev–Trinajstić information content (AvgIpc) is 2.94. The van der Waals surface area contributed by atoms with Crippen LogP contribution in [0.5, 0.6) is 0 Å². The van der Waals surface area contributed by atoms with Crippen LogP contribution in [0.15, 0.2) is 48.5 Å². The van der Waals surface area contributed by atoms with E-state index in [0.717, 1.165) is 24.0 Å². The fourth-order valence-corrected chi connectivity index (χ4v) is 7.70. The van der Waals surface area contributed by atoms with Crippen molar-refractivity contribution in [1.29, 1.82) is 0 Å². The molecule has 2 heterocycles. The van der Waals surface area contributed by atoms with Crippen LogP contribution in [-0.2, 0) is 26.0 Å². The number of nitrogens with one attached hydrogen (secondary N) is 2. The molecule has 2 fully saturated rings. The highest BCUT2D eigenvalue weighted by molar-refractivity contribution is 7.89. The summed E-state index contributed by atoms with van der Waals surface area (Å²) in [6, 6.07) is 14.4. The highest BCUT2D eigenvalue weighted by Crippen LogP contribution is 2.35. The van der Waals surface area contributed by atoms with Crippen molar-refractivity contribution in [3.63, 3.8) is 0 Å². The summed E-state index contributed by atoms with van der Waals surface area (Å²) in [6.07, 6.45) is 3.58. The van der Waals surface area contributed by atoms with Gasteiger partial charge in [0, 0.05) is 55.5 Å². The maximum Gasteiger partial charge on any atom is 0.241 e. The number of nitrogens with two attached hydrogens (primary N) is 1. The third-order valence-electron chi connectivity index (χ3n) is 7.86. The molecule has 0 saturated carbocycles. The molecule has 2 aliphatic heterocycles. The molecule has 0 aromatic heterocycles. The summed E-state index contributed by atoms with van der Waals surface area (Å²) in [5, 5.41) is 7.07. The molecule has 214 valence electrons. The number of para-hydroxylation sites is 1. The molecular formula is C29H41ClN4O4S. The normalized spacial score (nSPS) is 20.8. The number of carbonyl (C=O) groups excluding carboxylic acids is 1. The number of piperazine rings is 1. The maximum absolute atomic E-state index is 13.6. The topological polar surface area (TPSA) is 114 Å². The van der Waals surface area contributed by atoms with Crippen LogP contribution in [0.3, 0.4) is 0 Å². The van der Waals surface area contributed by atoms with Crippen molar-refractivity contribution in [2.45, 2.75) is 57.0 Å². The number of hydrogen-bond donors (Lipinski definition) is 3. The van der Waals surface area contributed by atoms with Crippen LogP contribution in [0.4, 0.5) is 5.69 Å². The summed E-state index contributed by atoms with van der Waals surface area (Å²) in [4.78, 5) is 13.6. The molecule has 0 bridgehead atoms. The summed E-state index contributed by atoms with van der Waals surface area (Å²) in [7, 11) is -3.29. The molecule has 0 radical (unpaired) electrons. The first-order valence-electron chi connectivity index (χ1n) is 14.0. The van der Waals surface area contributed by atoms with Crippen molar-refractivity contribution in [3.05, 3.63) is 64.7 Å². The van der Waals surface area contributed by atoms with Crippen LogP contribution >= 0.6 is 11.6 Å². The third kappa shape index (κ3) is 7.80. The summed E-state index contributed by atoms with van der Waals surface area (Å²) in [5.41, 5.74) is 9.36. The fraction of sp³-hybridized carbons (Fsp3) is 0.552. The van der Waals surface area contributed by atoms with Gasteiger partial charge in [-0.3, -0.25) is 4.79 Å². The molecule has 8 nitrogen and oxygen atoms in total. The second kappa shape index (κ2) is 14.1. The van der Waals surface area contributed by atoms with Crippen molar-refractivity contribution in [2.75, 3.05) is 43.9 Å². The van der Waals surface area contributed by atoms with E-state index in [1.165, 1.54) is 0 Å². The van der Waals surface area contributed by atoms with Crippen LogP contribution < -0.4 is 16.4 Å². The van der Waals surface area contributed by atoms with E-state index in [-0.39, 0.29) is 29.5 Å². The predicted octanol–water partition coefficient (Wildman–Crippen LogP) is 3.76. The molecule has 10 heteroatoms. The Labute approximate surface area is 237 Å². The molecule has 3 atom stereocenters. The Hall–Kier alpha value is -2.01. The molecule has 2 aromatic carbocycles. The first-order valence-corrected chi connectivity index (χ1v) is 16.0. The Morgan fingerprint density at radius 3 is 2.62 bits per heavy atom. The van der Waals surface area contributed by atoms with E-state index in [4.69, 9.17) is 22.1 Å². The molecule has 1 amide bonds. The number of sulfonamides is 1. The monoisotopic (exact) mass is 576 g/mol. The van der Waals surface area contributed by atoms with E-state index >= 15 is 0 Å². The number of aryl methyl sites for hydroxylation is 1. The van der Waals surface area contributed by atoms with Crippen molar-refractivity contribution in [3.8, 4) is 0 Å². The molecule has 0 spiro atoms. The van der Waals surface area contributed by atoms with Gasteiger partial charge in [-0.1, -0.05) is 48.9 Å². The molecule has 2 saturated heterocycles. The minimum atomic E-state index is -3.29. The molecule has 1 unspecified atom stereocenters. The third-order valence-corrected chi connectivity index (χ3v) is 10.2. The second-order valence-electron chi connectivity index (χ2n) is 10.5. The molecule has 2 aliphatic rings. The Kier molecular flexibility index (Phi) is 10.8. The number of nitrogens with zero attached hydrogens (tertiary/aromatic N) is 1. The molecule has 4 rings (SSSR count). The van der Waals surface area contributed by atoms with Gasteiger partial charge >= 0.3 is 0 Å². The largest absolute Gasteiger partial charge is 0.381 e. The zero-order chi connectivity index (χ0) is 27.8. The summed E-state index contributed by atoms with van der Waals surface area (Å²) in [6.45, 7) is 4.97. The molecule has 2 aromatic rings. The number of anilines is 1. The van der Waals surface area contributed by atoms with Crippen molar-refractivity contribution in [1.82, 2.24) is 9.62 Å². The number of hydrogen-bond acceptors (Lipinski definition) is 6. The molecular weight excluding hydrogens is 536 g/mol. The minimum Gasteiger partial charge on any atom is -0.381 e. The van der Waals surface area contributed by atoms with Crippen molar-refractivity contribution < 1.29 is 17.9 Å². The van der Waals surface area contributed by atoms with E-state index in [1.54, 1.807) is 4.31 Å². The van der Waals surface area contributed by atoms with Gasteiger partial charge in [0.2, 0.25) is 15.9 Å². The summed E-state index contributed by atoms with van der Waals surface area (Å²) >= 11 is 6.13. The van der Waals surface area contributed by atoms with Gasteiger partial charge < -0.3 is 21.1 Å². The highest BCUT2D eigenvalue weighted by atomic mass is 35.5. The first kappa shape index (κ1) is 30.0. The zero-order valence-corrected chi connectivity index (χ0v) is 24.2. The van der Waals surface area contributed by atoms with Crippen LogP contribution in [0, 0.1) is 5.92 Å². The number of amides is 1. The Bertz CT molecular complexity index is 1190. The van der Waals surface area contributed by atoms with Crippen molar-refractivity contribution >= 4 is 33.2 Å². The molecule has 0 aliphatic carbocycles. The number of halogens is 1. The lowest BCUT2D eigenvalue weighted by molar-refractivity contribution is -0.118. The van der Waals surface area contributed by atoms with Gasteiger partial charge in [0.05, 0.1) is 11.8 Å². The lowest BCUT2D eigenvalue weighted by Gasteiger charge is -2.35. The Balaban J connectivity index is 1.48. The number of benzene rings is 2. The van der Waals surface area contributed by atoms with E-state index in [0.29, 0.717) is 62.8 Å². The first-order chi connectivity index (χ1) is 18.8. The zero-order valence-electron chi connectivity index (χ0n) is 22.7. The molecule has 39 heavy (non-hydrogen) atoms. The van der Waals surface area contributed by atoms with E-state index in [9.17, 15) is 13.2 Å². The van der Waals surface area contributed by atoms with Gasteiger partial charge in [0.1, 0.15) is 0 Å². The van der Waals surface area contributed by atoms with Crippen LogP contribution in [0.2, 0.25) is 5.02 Å². The lowest BCUT2D eigenvalue weighted by Crippen LogP contribution is -2.54. The van der Waals surface area contributed by atoms with Gasteiger partial charge in [0.15, 0.2) is 0 Å². The maximum atomic E-state index is 13.6. The van der Waals surface area contributed by atoms with E-state index in [1.807, 2.05) is 55.5 Å². The lowest BCUT2D eigenvalue weighted by atomic mass is 9.76. The average molecular weight is 577 g/mol. The van der Waals surface area contributed by atoms with Gasteiger partial charge in [-0.15, -0.1) is 0 Å². The van der Waals surface area contributed by atoms with Gasteiger partial charge in [0.25, 0.3) is 0 Å². The van der Waals surface area contributed by atoms with Crippen molar-refractivity contribution in [2.24, 2.45) is 11.7 Å². The van der Waals surface area contributed by atoms with Crippen LogP contribution in [0.1, 0.15) is 49.7 Å². The Morgan fingerprint density at radius 2 is 1.90 bits per heavy atom. The van der Waals surface area contributed by atoms with Gasteiger partial charge in [-0.25, -0.2) is 8.42 Å². The highest BCUT2D eigenvalue weighted by Gasteiger charge is 2.35. The van der Waals surface area contributed by atoms with E-state index < -0.39 is 16.1 Å². The summed E-state index contributed by atoms with van der Waals surface area (Å²) < 4.78 is 32.9. The number of ether oxygens (including phenoxy) is 1.